The first-order valence-corrected chi connectivity index (χ1v) is 9.18. The second-order valence-corrected chi connectivity index (χ2v) is 6.79. The standard InChI is InChI=1S/C20H26N4O2/c1-16-14-17(2)24(21-16)19-7-5-6-18(15-19)22-9-11-23(12-10-22)20(26)8-3-4-13-25/h5-7,13-15H,3-4,8-12H2,1-2H3. The summed E-state index contributed by atoms with van der Waals surface area (Å²) in [7, 11) is 0. The molecule has 0 atom stereocenters. The second kappa shape index (κ2) is 8.17. The molecule has 1 saturated heterocycles. The topological polar surface area (TPSA) is 58.4 Å². The number of anilines is 1. The number of piperazine rings is 1. The van der Waals surface area contributed by atoms with E-state index < -0.39 is 0 Å². The van der Waals surface area contributed by atoms with Crippen molar-refractivity contribution in [3.8, 4) is 5.69 Å². The fourth-order valence-electron chi connectivity index (χ4n) is 3.42. The fourth-order valence-corrected chi connectivity index (χ4v) is 3.42. The quantitative estimate of drug-likeness (QED) is 0.591. The van der Waals surface area contributed by atoms with Gasteiger partial charge in [-0.1, -0.05) is 6.07 Å². The summed E-state index contributed by atoms with van der Waals surface area (Å²) in [6.07, 6.45) is 2.45. The largest absolute Gasteiger partial charge is 0.368 e. The Balaban J connectivity index is 1.63. The van der Waals surface area contributed by atoms with Crippen LogP contribution >= 0.6 is 0 Å². The minimum absolute atomic E-state index is 0.155. The van der Waals surface area contributed by atoms with Crippen LogP contribution in [0.5, 0.6) is 0 Å². The third-order valence-corrected chi connectivity index (χ3v) is 4.79. The van der Waals surface area contributed by atoms with E-state index in [0.717, 1.165) is 55.2 Å². The summed E-state index contributed by atoms with van der Waals surface area (Å²) in [5, 5.41) is 4.56. The van der Waals surface area contributed by atoms with Crippen molar-refractivity contribution >= 4 is 17.9 Å². The molecule has 1 aliphatic rings. The van der Waals surface area contributed by atoms with E-state index >= 15 is 0 Å². The molecule has 0 saturated carbocycles. The summed E-state index contributed by atoms with van der Waals surface area (Å²) in [5.41, 5.74) is 4.34. The van der Waals surface area contributed by atoms with Crippen molar-refractivity contribution in [2.45, 2.75) is 33.1 Å². The molecule has 26 heavy (non-hydrogen) atoms. The maximum Gasteiger partial charge on any atom is 0.222 e. The lowest BCUT2D eigenvalue weighted by Crippen LogP contribution is -2.48. The Hall–Kier alpha value is -2.63. The summed E-state index contributed by atoms with van der Waals surface area (Å²) in [5.74, 6) is 0.155. The van der Waals surface area contributed by atoms with Crippen LogP contribution in [0.15, 0.2) is 30.3 Å². The maximum absolute atomic E-state index is 12.2. The highest BCUT2D eigenvalue weighted by Crippen LogP contribution is 2.21. The Labute approximate surface area is 154 Å². The summed E-state index contributed by atoms with van der Waals surface area (Å²) in [6.45, 7) is 7.15. The van der Waals surface area contributed by atoms with Gasteiger partial charge in [-0.15, -0.1) is 0 Å². The number of benzene rings is 1. The summed E-state index contributed by atoms with van der Waals surface area (Å²) < 4.78 is 1.96. The van der Waals surface area contributed by atoms with Crippen LogP contribution in [0.4, 0.5) is 5.69 Å². The Morgan fingerprint density at radius 1 is 1.12 bits per heavy atom. The first-order valence-electron chi connectivity index (χ1n) is 9.18. The average Bonchev–Trinajstić information content (AvgIpc) is 3.00. The molecule has 1 aromatic carbocycles. The SMILES string of the molecule is Cc1cc(C)n(-c2cccc(N3CCN(C(=O)CCCC=O)CC3)c2)n1. The van der Waals surface area contributed by atoms with Gasteiger partial charge in [0.25, 0.3) is 0 Å². The first-order chi connectivity index (χ1) is 12.6. The lowest BCUT2D eigenvalue weighted by atomic mass is 10.2. The predicted molar refractivity (Wildman–Crippen MR) is 102 cm³/mol. The number of hydrogen-bond donors (Lipinski definition) is 0. The second-order valence-electron chi connectivity index (χ2n) is 6.79. The highest BCUT2D eigenvalue weighted by Gasteiger charge is 2.21. The minimum atomic E-state index is 0.155. The van der Waals surface area contributed by atoms with Crippen LogP contribution in [0.25, 0.3) is 5.69 Å². The maximum atomic E-state index is 12.2. The number of aromatic nitrogens is 2. The Kier molecular flexibility index (Phi) is 5.71. The predicted octanol–water partition coefficient (Wildman–Crippen LogP) is 2.51. The zero-order valence-electron chi connectivity index (χ0n) is 15.5. The number of carbonyl (C=O) groups excluding carboxylic acids is 2. The molecule has 0 N–H and O–H groups in total. The zero-order valence-corrected chi connectivity index (χ0v) is 15.5. The highest BCUT2D eigenvalue weighted by atomic mass is 16.2. The van der Waals surface area contributed by atoms with E-state index in [2.05, 4.69) is 47.3 Å². The van der Waals surface area contributed by atoms with Gasteiger partial charge in [0.1, 0.15) is 6.29 Å². The van der Waals surface area contributed by atoms with Gasteiger partial charge in [-0.2, -0.15) is 5.10 Å². The zero-order chi connectivity index (χ0) is 18.5. The molecule has 1 aliphatic heterocycles. The van der Waals surface area contributed by atoms with Crippen LogP contribution in [-0.2, 0) is 9.59 Å². The number of rotatable bonds is 6. The van der Waals surface area contributed by atoms with Gasteiger partial charge in [0.15, 0.2) is 0 Å². The number of nitrogens with zero attached hydrogens (tertiary/aromatic N) is 4. The van der Waals surface area contributed by atoms with Crippen LogP contribution in [0.1, 0.15) is 30.7 Å². The average molecular weight is 354 g/mol. The monoisotopic (exact) mass is 354 g/mol. The number of hydrogen-bond acceptors (Lipinski definition) is 4. The molecule has 0 unspecified atom stereocenters. The molecule has 1 aromatic heterocycles. The number of amides is 1. The molecule has 3 rings (SSSR count). The van der Waals surface area contributed by atoms with E-state index in [-0.39, 0.29) is 5.91 Å². The molecule has 2 heterocycles. The van der Waals surface area contributed by atoms with Crippen LogP contribution in [0.3, 0.4) is 0 Å². The Morgan fingerprint density at radius 2 is 1.85 bits per heavy atom. The molecule has 0 radical (unpaired) electrons. The van der Waals surface area contributed by atoms with Crippen molar-refractivity contribution in [1.29, 1.82) is 0 Å². The van der Waals surface area contributed by atoms with Crippen LogP contribution < -0.4 is 4.90 Å². The van der Waals surface area contributed by atoms with Gasteiger partial charge in [-0.25, -0.2) is 4.68 Å². The van der Waals surface area contributed by atoms with Gasteiger partial charge in [0.2, 0.25) is 5.91 Å². The molecule has 6 nitrogen and oxygen atoms in total. The third-order valence-electron chi connectivity index (χ3n) is 4.79. The van der Waals surface area contributed by atoms with Crippen molar-refractivity contribution in [2.75, 3.05) is 31.1 Å². The lowest BCUT2D eigenvalue weighted by Gasteiger charge is -2.36. The minimum Gasteiger partial charge on any atom is -0.368 e. The molecule has 0 bridgehead atoms. The van der Waals surface area contributed by atoms with Gasteiger partial charge < -0.3 is 14.6 Å². The van der Waals surface area contributed by atoms with Crippen LogP contribution in [0, 0.1) is 13.8 Å². The summed E-state index contributed by atoms with van der Waals surface area (Å²) in [4.78, 5) is 26.8. The van der Waals surface area contributed by atoms with E-state index in [0.29, 0.717) is 19.3 Å². The van der Waals surface area contributed by atoms with Crippen LogP contribution in [-0.4, -0.2) is 53.1 Å². The van der Waals surface area contributed by atoms with Crippen molar-refractivity contribution in [3.63, 3.8) is 0 Å². The summed E-state index contributed by atoms with van der Waals surface area (Å²) in [6, 6.07) is 10.5. The fraction of sp³-hybridized carbons (Fsp3) is 0.450. The van der Waals surface area contributed by atoms with Gasteiger partial charge in [-0.3, -0.25) is 4.79 Å². The molecular weight excluding hydrogens is 328 g/mol. The Bertz CT molecular complexity index is 776. The van der Waals surface area contributed by atoms with Crippen LogP contribution in [0.2, 0.25) is 0 Å². The van der Waals surface area contributed by atoms with E-state index in [1.54, 1.807) is 0 Å². The molecule has 2 aromatic rings. The first kappa shape index (κ1) is 18.2. The molecule has 138 valence electrons. The smallest absolute Gasteiger partial charge is 0.222 e. The normalized spacial score (nSPS) is 14.5. The number of aryl methyl sites for hydroxylation is 2. The van der Waals surface area contributed by atoms with Gasteiger partial charge in [-0.05, 0) is 44.5 Å². The van der Waals surface area contributed by atoms with Crippen molar-refractivity contribution < 1.29 is 9.59 Å². The number of aldehydes is 1. The van der Waals surface area contributed by atoms with Gasteiger partial charge >= 0.3 is 0 Å². The van der Waals surface area contributed by atoms with Crippen molar-refractivity contribution in [2.24, 2.45) is 0 Å². The van der Waals surface area contributed by atoms with E-state index in [9.17, 15) is 9.59 Å². The molecule has 0 aliphatic carbocycles. The lowest BCUT2D eigenvalue weighted by molar-refractivity contribution is -0.131. The van der Waals surface area contributed by atoms with Gasteiger partial charge in [0.05, 0.1) is 11.4 Å². The van der Waals surface area contributed by atoms with E-state index in [1.165, 1.54) is 0 Å². The van der Waals surface area contributed by atoms with E-state index in [4.69, 9.17) is 0 Å². The number of unbranched alkanes of at least 4 members (excludes halogenated alkanes) is 1. The molecule has 0 spiro atoms. The molecule has 1 fully saturated rings. The third kappa shape index (κ3) is 4.12. The van der Waals surface area contributed by atoms with E-state index in [1.807, 2.05) is 16.5 Å². The number of carbonyl (C=O) groups is 2. The molecule has 1 amide bonds. The Morgan fingerprint density at radius 3 is 2.50 bits per heavy atom. The van der Waals surface area contributed by atoms with Crippen molar-refractivity contribution in [1.82, 2.24) is 14.7 Å². The molecular formula is C20H26N4O2. The molecule has 6 heteroatoms. The summed E-state index contributed by atoms with van der Waals surface area (Å²) >= 11 is 0. The van der Waals surface area contributed by atoms with Crippen molar-refractivity contribution in [3.05, 3.63) is 41.7 Å². The highest BCUT2D eigenvalue weighted by molar-refractivity contribution is 5.76. The van der Waals surface area contributed by atoms with Gasteiger partial charge in [0, 0.05) is 50.4 Å².